The Bertz CT molecular complexity index is 581. The predicted octanol–water partition coefficient (Wildman–Crippen LogP) is 3.43. The molecule has 1 fully saturated rings. The van der Waals surface area contributed by atoms with E-state index < -0.39 is 14.1 Å². The highest BCUT2D eigenvalue weighted by Gasteiger charge is 2.35. The van der Waals surface area contributed by atoms with Crippen LogP contribution in [0.15, 0.2) is 35.4 Å². The lowest BCUT2D eigenvalue weighted by Gasteiger charge is -2.28. The van der Waals surface area contributed by atoms with Crippen molar-refractivity contribution in [2.24, 2.45) is 5.11 Å². The molecule has 1 aliphatic heterocycles. The van der Waals surface area contributed by atoms with E-state index in [9.17, 15) is 4.79 Å². The first-order valence-corrected chi connectivity index (χ1v) is 11.6. The SMILES string of the molecule is C[Si](C)(C)C[C@H](N=[N+]=[N-])C(=O)N1COC[C@@H]1Cc1ccccc1. The summed E-state index contributed by atoms with van der Waals surface area (Å²) in [4.78, 5) is 17.4. The van der Waals surface area contributed by atoms with E-state index in [1.165, 1.54) is 5.56 Å². The minimum Gasteiger partial charge on any atom is -0.359 e. The van der Waals surface area contributed by atoms with Gasteiger partial charge in [-0.1, -0.05) is 55.1 Å². The smallest absolute Gasteiger partial charge is 0.233 e. The molecule has 0 spiro atoms. The molecule has 0 unspecified atom stereocenters. The Hall–Kier alpha value is -1.82. The van der Waals surface area contributed by atoms with Gasteiger partial charge in [-0.05, 0) is 23.6 Å². The first kappa shape index (κ1) is 17.5. The Kier molecular flexibility index (Phi) is 5.82. The van der Waals surface area contributed by atoms with Crippen molar-refractivity contribution < 1.29 is 9.53 Å². The van der Waals surface area contributed by atoms with Gasteiger partial charge >= 0.3 is 0 Å². The highest BCUT2D eigenvalue weighted by Crippen LogP contribution is 2.21. The summed E-state index contributed by atoms with van der Waals surface area (Å²) >= 11 is 0. The van der Waals surface area contributed by atoms with E-state index in [1.54, 1.807) is 4.90 Å². The Morgan fingerprint density at radius 2 is 2.13 bits per heavy atom. The molecule has 1 saturated heterocycles. The van der Waals surface area contributed by atoms with E-state index in [0.29, 0.717) is 12.7 Å². The van der Waals surface area contributed by atoms with Crippen LogP contribution in [0.4, 0.5) is 0 Å². The fourth-order valence-electron chi connectivity index (χ4n) is 2.79. The summed E-state index contributed by atoms with van der Waals surface area (Å²) in [6.07, 6.45) is 0.752. The van der Waals surface area contributed by atoms with Gasteiger partial charge in [-0.3, -0.25) is 4.79 Å². The molecule has 0 aromatic heterocycles. The highest BCUT2D eigenvalue weighted by molar-refractivity contribution is 6.76. The summed E-state index contributed by atoms with van der Waals surface area (Å²) < 4.78 is 5.50. The Labute approximate surface area is 138 Å². The van der Waals surface area contributed by atoms with Crippen LogP contribution in [0.25, 0.3) is 10.4 Å². The second-order valence-corrected chi connectivity index (χ2v) is 12.7. The number of carbonyl (C=O) groups is 1. The first-order chi connectivity index (χ1) is 10.9. The maximum atomic E-state index is 12.8. The molecule has 1 aromatic carbocycles. The quantitative estimate of drug-likeness (QED) is 0.346. The third-order valence-electron chi connectivity index (χ3n) is 3.86. The van der Waals surface area contributed by atoms with Crippen molar-refractivity contribution in [3.63, 3.8) is 0 Å². The number of carbonyl (C=O) groups excluding carboxylic acids is 1. The van der Waals surface area contributed by atoms with E-state index >= 15 is 0 Å². The van der Waals surface area contributed by atoms with Crippen LogP contribution < -0.4 is 0 Å². The molecule has 0 N–H and O–H groups in total. The number of amides is 1. The molecule has 124 valence electrons. The van der Waals surface area contributed by atoms with Crippen molar-refractivity contribution >= 4 is 14.0 Å². The van der Waals surface area contributed by atoms with Gasteiger partial charge in [-0.15, -0.1) is 0 Å². The van der Waals surface area contributed by atoms with Crippen LogP contribution in [0.2, 0.25) is 25.7 Å². The number of rotatable bonds is 6. The maximum Gasteiger partial charge on any atom is 0.233 e. The molecule has 0 aliphatic carbocycles. The van der Waals surface area contributed by atoms with E-state index in [0.717, 1.165) is 6.42 Å². The third kappa shape index (κ3) is 5.09. The fraction of sp³-hybridized carbons (Fsp3) is 0.562. The molecule has 1 heterocycles. The molecular weight excluding hydrogens is 308 g/mol. The number of nitrogens with zero attached hydrogens (tertiary/aromatic N) is 4. The average molecular weight is 332 g/mol. The van der Waals surface area contributed by atoms with Crippen molar-refractivity contribution in [3.8, 4) is 0 Å². The van der Waals surface area contributed by atoms with Crippen molar-refractivity contribution in [3.05, 3.63) is 46.3 Å². The average Bonchev–Trinajstić information content (AvgIpc) is 2.94. The van der Waals surface area contributed by atoms with Crippen molar-refractivity contribution in [1.29, 1.82) is 0 Å². The standard InChI is InChI=1S/C16H24N4O2Si/c1-23(2,3)11-15(18-19-17)16(21)20-12-22-10-14(20)9-13-7-5-4-6-8-13/h4-8,14-15H,9-12H2,1-3H3/t14-,15-/m0/s1. The first-order valence-electron chi connectivity index (χ1n) is 7.87. The molecule has 2 rings (SSSR count). The van der Waals surface area contributed by atoms with Crippen LogP contribution in [0.1, 0.15) is 5.56 Å². The molecule has 23 heavy (non-hydrogen) atoms. The van der Waals surface area contributed by atoms with Crippen LogP contribution in [0.5, 0.6) is 0 Å². The van der Waals surface area contributed by atoms with Crippen LogP contribution in [-0.4, -0.2) is 44.3 Å². The molecule has 1 aliphatic rings. The highest BCUT2D eigenvalue weighted by atomic mass is 28.3. The zero-order valence-electron chi connectivity index (χ0n) is 14.0. The van der Waals surface area contributed by atoms with Gasteiger partial charge < -0.3 is 9.64 Å². The molecular formula is C16H24N4O2Si. The van der Waals surface area contributed by atoms with Gasteiger partial charge in [-0.25, -0.2) is 0 Å². The maximum absolute atomic E-state index is 12.8. The molecule has 1 amide bonds. The monoisotopic (exact) mass is 332 g/mol. The molecule has 7 heteroatoms. The van der Waals surface area contributed by atoms with E-state index in [1.807, 2.05) is 30.3 Å². The molecule has 0 saturated carbocycles. The number of hydrogen-bond donors (Lipinski definition) is 0. The van der Waals surface area contributed by atoms with E-state index in [4.69, 9.17) is 10.3 Å². The molecule has 0 radical (unpaired) electrons. The summed E-state index contributed by atoms with van der Waals surface area (Å²) in [5.74, 6) is -0.108. The van der Waals surface area contributed by atoms with Gasteiger partial charge in [0, 0.05) is 13.0 Å². The Morgan fingerprint density at radius 1 is 1.43 bits per heavy atom. The minimum absolute atomic E-state index is 0.00271. The summed E-state index contributed by atoms with van der Waals surface area (Å²) in [7, 11) is -1.52. The number of ether oxygens (including phenoxy) is 1. The van der Waals surface area contributed by atoms with Crippen molar-refractivity contribution in [2.45, 2.75) is 44.2 Å². The third-order valence-corrected chi connectivity index (χ3v) is 5.47. The topological polar surface area (TPSA) is 78.3 Å². The lowest BCUT2D eigenvalue weighted by molar-refractivity contribution is -0.134. The van der Waals surface area contributed by atoms with Gasteiger partial charge in [0.15, 0.2) is 0 Å². The number of hydrogen-bond acceptors (Lipinski definition) is 3. The summed E-state index contributed by atoms with van der Waals surface area (Å²) in [6.45, 7) is 7.31. The van der Waals surface area contributed by atoms with Gasteiger partial charge in [0.1, 0.15) is 12.8 Å². The van der Waals surface area contributed by atoms with Crippen LogP contribution in [0.3, 0.4) is 0 Å². The second-order valence-electron chi connectivity index (χ2n) is 7.14. The zero-order chi connectivity index (χ0) is 16.9. The summed E-state index contributed by atoms with van der Waals surface area (Å²) in [6, 6.07) is 10.1. The Balaban J connectivity index is 2.10. The fourth-order valence-corrected chi connectivity index (χ4v) is 4.21. The Morgan fingerprint density at radius 3 is 2.74 bits per heavy atom. The number of azide groups is 1. The largest absolute Gasteiger partial charge is 0.359 e. The van der Waals surface area contributed by atoms with Gasteiger partial charge in [0.25, 0.3) is 0 Å². The molecule has 6 nitrogen and oxygen atoms in total. The second kappa shape index (κ2) is 7.63. The molecule has 1 aromatic rings. The predicted molar refractivity (Wildman–Crippen MR) is 92.7 cm³/mol. The van der Waals surface area contributed by atoms with Crippen LogP contribution in [0, 0.1) is 0 Å². The lowest BCUT2D eigenvalue weighted by Crippen LogP contribution is -2.45. The zero-order valence-corrected chi connectivity index (χ0v) is 15.0. The van der Waals surface area contributed by atoms with Gasteiger partial charge in [-0.2, -0.15) is 0 Å². The van der Waals surface area contributed by atoms with Crippen LogP contribution >= 0.6 is 0 Å². The van der Waals surface area contributed by atoms with Crippen molar-refractivity contribution in [1.82, 2.24) is 4.90 Å². The van der Waals surface area contributed by atoms with Gasteiger partial charge in [0.05, 0.1) is 12.6 Å². The van der Waals surface area contributed by atoms with E-state index in [2.05, 4.69) is 29.7 Å². The normalized spacial score (nSPS) is 19.3. The molecule has 2 atom stereocenters. The minimum atomic E-state index is -1.52. The van der Waals surface area contributed by atoms with Crippen molar-refractivity contribution in [2.75, 3.05) is 13.3 Å². The summed E-state index contributed by atoms with van der Waals surface area (Å²) in [5, 5.41) is 3.76. The number of benzene rings is 1. The lowest BCUT2D eigenvalue weighted by atomic mass is 10.1. The van der Waals surface area contributed by atoms with E-state index in [-0.39, 0.29) is 18.7 Å². The van der Waals surface area contributed by atoms with Crippen LogP contribution in [-0.2, 0) is 16.0 Å². The molecule has 0 bridgehead atoms. The summed E-state index contributed by atoms with van der Waals surface area (Å²) in [5.41, 5.74) is 9.97. The van der Waals surface area contributed by atoms with Gasteiger partial charge in [0.2, 0.25) is 5.91 Å².